The van der Waals surface area contributed by atoms with Crippen molar-refractivity contribution in [2.75, 3.05) is 13.2 Å². The maximum Gasteiger partial charge on any atom is 0.110 e. The molecule has 0 saturated heterocycles. The Kier molecular flexibility index (Phi) is 6.29. The van der Waals surface area contributed by atoms with Gasteiger partial charge in [-0.1, -0.05) is 13.8 Å². The van der Waals surface area contributed by atoms with Gasteiger partial charge in [0.1, 0.15) is 6.61 Å². The van der Waals surface area contributed by atoms with Crippen LogP contribution in [0.25, 0.3) is 0 Å². The summed E-state index contributed by atoms with van der Waals surface area (Å²) in [7, 11) is 0. The molecule has 1 N–H and O–H groups in total. The first-order valence-electron chi connectivity index (χ1n) is 3.70. The van der Waals surface area contributed by atoms with Crippen molar-refractivity contribution in [2.24, 2.45) is 5.92 Å². The molecule has 0 saturated carbocycles. The van der Waals surface area contributed by atoms with Crippen molar-refractivity contribution in [2.45, 2.75) is 20.3 Å². The second kappa shape index (κ2) is 6.62. The van der Waals surface area contributed by atoms with E-state index in [9.17, 15) is 0 Å². The second-order valence-electron chi connectivity index (χ2n) is 2.31. The van der Waals surface area contributed by atoms with Crippen molar-refractivity contribution in [1.82, 2.24) is 0 Å². The predicted molar refractivity (Wildman–Crippen MR) is 41.6 cm³/mol. The van der Waals surface area contributed by atoms with Crippen LogP contribution >= 0.6 is 0 Å². The second-order valence-corrected chi connectivity index (χ2v) is 2.31. The molecule has 0 aromatic heterocycles. The molecule has 0 aromatic rings. The van der Waals surface area contributed by atoms with Crippen molar-refractivity contribution >= 4 is 0 Å². The molecule has 0 bridgehead atoms. The Bertz CT molecular complexity index is 89.3. The van der Waals surface area contributed by atoms with Crippen molar-refractivity contribution in [3.05, 3.63) is 12.3 Å². The molecule has 1 atom stereocenters. The molecular weight excluding hydrogens is 128 g/mol. The summed E-state index contributed by atoms with van der Waals surface area (Å²) in [4.78, 5) is 0. The van der Waals surface area contributed by atoms with E-state index < -0.39 is 0 Å². The lowest BCUT2D eigenvalue weighted by molar-refractivity contribution is 0.165. The Hall–Kier alpha value is -0.500. The summed E-state index contributed by atoms with van der Waals surface area (Å²) in [6.07, 6.45) is 4.78. The molecule has 0 amide bonds. The molecule has 0 aliphatic rings. The minimum atomic E-state index is 0.0881. The summed E-state index contributed by atoms with van der Waals surface area (Å²) in [5.41, 5.74) is 0. The molecule has 0 radical (unpaired) electrons. The van der Waals surface area contributed by atoms with Gasteiger partial charge < -0.3 is 9.84 Å². The quantitative estimate of drug-likeness (QED) is 0.468. The van der Waals surface area contributed by atoms with Crippen LogP contribution in [0.1, 0.15) is 20.3 Å². The number of aliphatic hydroxyl groups is 1. The standard InChI is InChI=1S/C8H16O2/c1-3-8(2)4-6-10-7-5-9/h4,6,8-9H,3,5,7H2,1-2H3/b6-4+. The highest BCUT2D eigenvalue weighted by atomic mass is 16.5. The minimum Gasteiger partial charge on any atom is -0.499 e. The van der Waals surface area contributed by atoms with E-state index in [1.807, 2.05) is 6.08 Å². The lowest BCUT2D eigenvalue weighted by atomic mass is 10.1. The van der Waals surface area contributed by atoms with Gasteiger partial charge in [0.05, 0.1) is 12.9 Å². The third kappa shape index (κ3) is 5.63. The van der Waals surface area contributed by atoms with E-state index in [1.165, 1.54) is 0 Å². The summed E-state index contributed by atoms with van der Waals surface area (Å²) in [5.74, 6) is 0.568. The molecule has 0 heterocycles. The van der Waals surface area contributed by atoms with E-state index >= 15 is 0 Å². The first-order chi connectivity index (χ1) is 4.81. The van der Waals surface area contributed by atoms with Gasteiger partial charge in [0.15, 0.2) is 0 Å². The van der Waals surface area contributed by atoms with Crippen LogP contribution in [0.4, 0.5) is 0 Å². The zero-order chi connectivity index (χ0) is 7.82. The third-order valence-electron chi connectivity index (χ3n) is 1.36. The fourth-order valence-electron chi connectivity index (χ4n) is 0.447. The zero-order valence-corrected chi connectivity index (χ0v) is 6.71. The van der Waals surface area contributed by atoms with Gasteiger partial charge in [0.25, 0.3) is 0 Å². The van der Waals surface area contributed by atoms with Crippen LogP contribution in [0, 0.1) is 5.92 Å². The van der Waals surface area contributed by atoms with Crippen LogP contribution in [0.3, 0.4) is 0 Å². The molecule has 2 heteroatoms. The van der Waals surface area contributed by atoms with E-state index in [-0.39, 0.29) is 6.61 Å². The molecule has 2 nitrogen and oxygen atoms in total. The maximum atomic E-state index is 8.33. The smallest absolute Gasteiger partial charge is 0.110 e. The normalized spacial score (nSPS) is 13.9. The fraction of sp³-hybridized carbons (Fsp3) is 0.750. The van der Waals surface area contributed by atoms with Crippen LogP contribution in [-0.4, -0.2) is 18.3 Å². The SMILES string of the molecule is CCC(C)/C=C/OCCO. The summed E-state index contributed by atoms with van der Waals surface area (Å²) >= 11 is 0. The average Bonchev–Trinajstić information content (AvgIpc) is 1.98. The molecule has 10 heavy (non-hydrogen) atoms. The fourth-order valence-corrected chi connectivity index (χ4v) is 0.447. The number of hydrogen-bond acceptors (Lipinski definition) is 2. The van der Waals surface area contributed by atoms with Crippen molar-refractivity contribution in [1.29, 1.82) is 0 Å². The largest absolute Gasteiger partial charge is 0.499 e. The lowest BCUT2D eigenvalue weighted by Gasteiger charge is -1.99. The molecule has 0 rings (SSSR count). The van der Waals surface area contributed by atoms with Gasteiger partial charge in [-0.3, -0.25) is 0 Å². The lowest BCUT2D eigenvalue weighted by Crippen LogP contribution is -1.93. The van der Waals surface area contributed by atoms with Gasteiger partial charge in [0, 0.05) is 0 Å². The van der Waals surface area contributed by atoms with Crippen molar-refractivity contribution < 1.29 is 9.84 Å². The van der Waals surface area contributed by atoms with Crippen LogP contribution in [0.2, 0.25) is 0 Å². The van der Waals surface area contributed by atoms with Gasteiger partial charge in [-0.2, -0.15) is 0 Å². The monoisotopic (exact) mass is 144 g/mol. The first kappa shape index (κ1) is 9.50. The summed E-state index contributed by atoms with van der Waals surface area (Å²) < 4.78 is 4.92. The zero-order valence-electron chi connectivity index (χ0n) is 6.71. The van der Waals surface area contributed by atoms with E-state index in [4.69, 9.17) is 9.84 Å². The van der Waals surface area contributed by atoms with Crippen molar-refractivity contribution in [3.63, 3.8) is 0 Å². The molecule has 0 fully saturated rings. The van der Waals surface area contributed by atoms with Gasteiger partial charge in [0.2, 0.25) is 0 Å². The Morgan fingerprint density at radius 2 is 2.30 bits per heavy atom. The average molecular weight is 144 g/mol. The number of allylic oxidation sites excluding steroid dienone is 1. The highest BCUT2D eigenvalue weighted by Crippen LogP contribution is 2.01. The van der Waals surface area contributed by atoms with Crippen molar-refractivity contribution in [3.8, 4) is 0 Å². The first-order valence-corrected chi connectivity index (χ1v) is 3.70. The number of rotatable bonds is 5. The van der Waals surface area contributed by atoms with Crippen LogP contribution < -0.4 is 0 Å². The van der Waals surface area contributed by atoms with Gasteiger partial charge in [-0.05, 0) is 18.4 Å². The maximum absolute atomic E-state index is 8.33. The van der Waals surface area contributed by atoms with E-state index in [0.29, 0.717) is 12.5 Å². The number of hydrogen-bond donors (Lipinski definition) is 1. The molecule has 0 aromatic carbocycles. The van der Waals surface area contributed by atoms with Crippen LogP contribution in [0.5, 0.6) is 0 Å². The molecule has 1 unspecified atom stereocenters. The Morgan fingerprint density at radius 1 is 1.60 bits per heavy atom. The molecule has 60 valence electrons. The minimum absolute atomic E-state index is 0.0881. The number of ether oxygens (including phenoxy) is 1. The highest BCUT2D eigenvalue weighted by Gasteiger charge is 1.88. The predicted octanol–water partition coefficient (Wildman–Crippen LogP) is 1.56. The van der Waals surface area contributed by atoms with Crippen LogP contribution in [-0.2, 0) is 4.74 Å². The molecular formula is C8H16O2. The van der Waals surface area contributed by atoms with E-state index in [2.05, 4.69) is 13.8 Å². The van der Waals surface area contributed by atoms with E-state index in [1.54, 1.807) is 6.26 Å². The van der Waals surface area contributed by atoms with Gasteiger partial charge in [-0.15, -0.1) is 0 Å². The summed E-state index contributed by atoms with van der Waals surface area (Å²) in [6, 6.07) is 0. The Morgan fingerprint density at radius 3 is 2.80 bits per heavy atom. The molecule has 0 spiro atoms. The Balaban J connectivity index is 3.18. The number of aliphatic hydroxyl groups excluding tert-OH is 1. The van der Waals surface area contributed by atoms with Crippen LogP contribution in [0.15, 0.2) is 12.3 Å². The Labute approximate surface area is 62.5 Å². The van der Waals surface area contributed by atoms with E-state index in [0.717, 1.165) is 6.42 Å². The van der Waals surface area contributed by atoms with Gasteiger partial charge >= 0.3 is 0 Å². The topological polar surface area (TPSA) is 29.5 Å². The molecule has 0 aliphatic heterocycles. The summed E-state index contributed by atoms with van der Waals surface area (Å²) in [6.45, 7) is 4.73. The van der Waals surface area contributed by atoms with Gasteiger partial charge in [-0.25, -0.2) is 0 Å². The molecule has 0 aliphatic carbocycles. The summed E-state index contributed by atoms with van der Waals surface area (Å²) in [5, 5.41) is 8.33. The highest BCUT2D eigenvalue weighted by molar-refractivity contribution is 4.78. The third-order valence-corrected chi connectivity index (χ3v) is 1.36.